The highest BCUT2D eigenvalue weighted by molar-refractivity contribution is 5.80. The maximum atomic E-state index is 12.3. The van der Waals surface area contributed by atoms with E-state index in [0.29, 0.717) is 23.9 Å². The molecule has 1 aromatic heterocycles. The highest BCUT2D eigenvalue weighted by Gasteiger charge is 2.19. The van der Waals surface area contributed by atoms with Gasteiger partial charge in [-0.15, -0.1) is 0 Å². The molecule has 134 valence electrons. The molecule has 0 fully saturated rings. The number of nitrogens with zero attached hydrogens (tertiary/aromatic N) is 2. The van der Waals surface area contributed by atoms with Gasteiger partial charge < -0.3 is 14.6 Å². The van der Waals surface area contributed by atoms with Crippen molar-refractivity contribution in [2.24, 2.45) is 0 Å². The average molecular weight is 351 g/mol. The number of aromatic nitrogens is 2. The number of carbonyl (C=O) groups is 1. The molecule has 1 N–H and O–H groups in total. The van der Waals surface area contributed by atoms with Gasteiger partial charge in [0.15, 0.2) is 6.10 Å². The first kappa shape index (κ1) is 17.7. The van der Waals surface area contributed by atoms with Gasteiger partial charge in [0.25, 0.3) is 5.91 Å². The zero-order valence-electron chi connectivity index (χ0n) is 14.8. The van der Waals surface area contributed by atoms with E-state index >= 15 is 0 Å². The minimum Gasteiger partial charge on any atom is -0.481 e. The molecule has 6 heteroatoms. The molecule has 0 radical (unpaired) electrons. The summed E-state index contributed by atoms with van der Waals surface area (Å²) < 4.78 is 10.9. The molecule has 0 aliphatic heterocycles. The van der Waals surface area contributed by atoms with E-state index in [1.165, 1.54) is 0 Å². The van der Waals surface area contributed by atoms with Gasteiger partial charge in [-0.05, 0) is 25.5 Å². The molecule has 6 nitrogen and oxygen atoms in total. The Morgan fingerprint density at radius 3 is 2.58 bits per heavy atom. The third-order valence-electron chi connectivity index (χ3n) is 3.88. The van der Waals surface area contributed by atoms with E-state index in [1.807, 2.05) is 68.4 Å². The number of rotatable bonds is 7. The van der Waals surface area contributed by atoms with Crippen LogP contribution in [0.2, 0.25) is 0 Å². The molecular formula is C20H21N3O3. The van der Waals surface area contributed by atoms with Crippen molar-refractivity contribution in [1.82, 2.24) is 15.5 Å². The SMILES string of the molecule is CC[C@H](Oc1ccccc1)C(=O)NCc1nc(-c2ccc(C)cc2)no1. The summed E-state index contributed by atoms with van der Waals surface area (Å²) in [6.07, 6.45) is -0.0176. The Labute approximate surface area is 152 Å². The molecule has 0 unspecified atom stereocenters. The van der Waals surface area contributed by atoms with Gasteiger partial charge in [0.1, 0.15) is 5.75 Å². The zero-order chi connectivity index (χ0) is 18.4. The quantitative estimate of drug-likeness (QED) is 0.705. The van der Waals surface area contributed by atoms with E-state index < -0.39 is 6.10 Å². The van der Waals surface area contributed by atoms with Crippen LogP contribution in [0.25, 0.3) is 11.4 Å². The Hall–Kier alpha value is -3.15. The highest BCUT2D eigenvalue weighted by Crippen LogP contribution is 2.16. The molecule has 0 saturated heterocycles. The summed E-state index contributed by atoms with van der Waals surface area (Å²) in [5.41, 5.74) is 2.03. The molecule has 26 heavy (non-hydrogen) atoms. The number of aryl methyl sites for hydroxylation is 1. The van der Waals surface area contributed by atoms with Crippen molar-refractivity contribution in [3.63, 3.8) is 0 Å². The summed E-state index contributed by atoms with van der Waals surface area (Å²) in [7, 11) is 0. The molecular weight excluding hydrogens is 330 g/mol. The van der Waals surface area contributed by atoms with Crippen LogP contribution in [-0.4, -0.2) is 22.2 Å². The van der Waals surface area contributed by atoms with Crippen LogP contribution in [0.15, 0.2) is 59.1 Å². The largest absolute Gasteiger partial charge is 0.481 e. The predicted octanol–water partition coefficient (Wildman–Crippen LogP) is 3.52. The minimum atomic E-state index is -0.572. The Morgan fingerprint density at radius 2 is 1.88 bits per heavy atom. The van der Waals surface area contributed by atoms with Crippen LogP contribution in [0.5, 0.6) is 5.75 Å². The topological polar surface area (TPSA) is 77.2 Å². The second kappa shape index (κ2) is 8.29. The second-order valence-electron chi connectivity index (χ2n) is 5.92. The summed E-state index contributed by atoms with van der Waals surface area (Å²) in [4.78, 5) is 16.7. The molecule has 1 atom stereocenters. The van der Waals surface area contributed by atoms with Gasteiger partial charge in [-0.3, -0.25) is 4.79 Å². The fraction of sp³-hybridized carbons (Fsp3) is 0.250. The maximum Gasteiger partial charge on any atom is 0.261 e. The van der Waals surface area contributed by atoms with Crippen LogP contribution in [0, 0.1) is 6.92 Å². The summed E-state index contributed by atoms with van der Waals surface area (Å²) >= 11 is 0. The van der Waals surface area contributed by atoms with E-state index in [1.54, 1.807) is 0 Å². The normalized spacial score (nSPS) is 11.8. The number of hydrogen-bond acceptors (Lipinski definition) is 5. The highest BCUT2D eigenvalue weighted by atomic mass is 16.5. The average Bonchev–Trinajstić information content (AvgIpc) is 3.14. The Kier molecular flexibility index (Phi) is 5.63. The summed E-state index contributed by atoms with van der Waals surface area (Å²) in [5.74, 6) is 1.30. The molecule has 0 saturated carbocycles. The van der Waals surface area contributed by atoms with Crippen LogP contribution in [-0.2, 0) is 11.3 Å². The van der Waals surface area contributed by atoms with E-state index in [-0.39, 0.29) is 12.5 Å². The lowest BCUT2D eigenvalue weighted by Gasteiger charge is -2.16. The number of benzene rings is 2. The lowest BCUT2D eigenvalue weighted by Crippen LogP contribution is -2.37. The Balaban J connectivity index is 1.57. The van der Waals surface area contributed by atoms with Crippen molar-refractivity contribution >= 4 is 5.91 Å². The van der Waals surface area contributed by atoms with Crippen LogP contribution in [0.4, 0.5) is 0 Å². The number of amides is 1. The van der Waals surface area contributed by atoms with Gasteiger partial charge in [-0.1, -0.05) is 60.1 Å². The van der Waals surface area contributed by atoms with Crippen LogP contribution >= 0.6 is 0 Å². The number of hydrogen-bond donors (Lipinski definition) is 1. The predicted molar refractivity (Wildman–Crippen MR) is 97.5 cm³/mol. The third-order valence-corrected chi connectivity index (χ3v) is 3.88. The van der Waals surface area contributed by atoms with E-state index in [4.69, 9.17) is 9.26 Å². The van der Waals surface area contributed by atoms with Gasteiger partial charge >= 0.3 is 0 Å². The maximum absolute atomic E-state index is 12.3. The molecule has 2 aromatic carbocycles. The van der Waals surface area contributed by atoms with Crippen molar-refractivity contribution in [2.45, 2.75) is 32.9 Å². The number of carbonyl (C=O) groups excluding carboxylic acids is 1. The monoisotopic (exact) mass is 351 g/mol. The van der Waals surface area contributed by atoms with Crippen molar-refractivity contribution < 1.29 is 14.1 Å². The van der Waals surface area contributed by atoms with Gasteiger partial charge in [0.2, 0.25) is 11.7 Å². The smallest absolute Gasteiger partial charge is 0.261 e. The first-order chi connectivity index (χ1) is 12.7. The molecule has 1 heterocycles. The van der Waals surface area contributed by atoms with Gasteiger partial charge in [0.05, 0.1) is 6.54 Å². The van der Waals surface area contributed by atoms with Crippen LogP contribution in [0.1, 0.15) is 24.8 Å². The van der Waals surface area contributed by atoms with Gasteiger partial charge in [-0.25, -0.2) is 0 Å². The van der Waals surface area contributed by atoms with Gasteiger partial charge in [-0.2, -0.15) is 4.98 Å². The Morgan fingerprint density at radius 1 is 1.15 bits per heavy atom. The number of nitrogens with one attached hydrogen (secondary N) is 1. The van der Waals surface area contributed by atoms with Crippen LogP contribution < -0.4 is 10.1 Å². The van der Waals surface area contributed by atoms with Gasteiger partial charge in [0, 0.05) is 5.56 Å². The lowest BCUT2D eigenvalue weighted by atomic mass is 10.1. The second-order valence-corrected chi connectivity index (χ2v) is 5.92. The number of ether oxygens (including phenoxy) is 1. The minimum absolute atomic E-state index is 0.159. The third kappa shape index (κ3) is 4.47. The van der Waals surface area contributed by atoms with E-state index in [9.17, 15) is 4.79 Å². The summed E-state index contributed by atoms with van der Waals surface area (Å²) in [6.45, 7) is 4.07. The molecule has 3 aromatic rings. The first-order valence-corrected chi connectivity index (χ1v) is 8.54. The van der Waals surface area contributed by atoms with Crippen molar-refractivity contribution in [3.8, 4) is 17.1 Å². The molecule has 0 aliphatic carbocycles. The standard InChI is InChI=1S/C20H21N3O3/c1-3-17(25-16-7-5-4-6-8-16)20(24)21-13-18-22-19(23-26-18)15-11-9-14(2)10-12-15/h4-12,17H,3,13H2,1-2H3,(H,21,24)/t17-/m0/s1. The van der Waals surface area contributed by atoms with Crippen molar-refractivity contribution in [1.29, 1.82) is 0 Å². The van der Waals surface area contributed by atoms with E-state index in [0.717, 1.165) is 11.1 Å². The Bertz CT molecular complexity index is 844. The summed E-state index contributed by atoms with van der Waals surface area (Å²) in [5, 5.41) is 6.74. The van der Waals surface area contributed by atoms with Crippen LogP contribution in [0.3, 0.4) is 0 Å². The number of para-hydroxylation sites is 1. The molecule has 0 spiro atoms. The van der Waals surface area contributed by atoms with E-state index in [2.05, 4.69) is 15.5 Å². The lowest BCUT2D eigenvalue weighted by molar-refractivity contribution is -0.128. The summed E-state index contributed by atoms with van der Waals surface area (Å²) in [6, 6.07) is 17.1. The molecule has 3 rings (SSSR count). The first-order valence-electron chi connectivity index (χ1n) is 8.54. The molecule has 0 bridgehead atoms. The fourth-order valence-electron chi connectivity index (χ4n) is 2.41. The van der Waals surface area contributed by atoms with Crippen molar-refractivity contribution in [3.05, 3.63) is 66.1 Å². The molecule has 1 amide bonds. The molecule has 0 aliphatic rings. The zero-order valence-corrected chi connectivity index (χ0v) is 14.8. The van der Waals surface area contributed by atoms with Crippen molar-refractivity contribution in [2.75, 3.05) is 0 Å². The fourth-order valence-corrected chi connectivity index (χ4v) is 2.41.